The van der Waals surface area contributed by atoms with E-state index in [9.17, 15) is 10.1 Å². The number of nitro groups is 1. The van der Waals surface area contributed by atoms with Crippen molar-refractivity contribution in [3.05, 3.63) is 46.5 Å². The average molecular weight is 262 g/mol. The third-order valence-corrected chi connectivity index (χ3v) is 5.44. The molecule has 0 aliphatic rings. The Morgan fingerprint density at radius 3 is 2.22 bits per heavy atom. The van der Waals surface area contributed by atoms with Gasteiger partial charge in [-0.2, -0.15) is 0 Å². The molecule has 0 N–H and O–H groups in total. The van der Waals surface area contributed by atoms with Crippen LogP contribution in [0.3, 0.4) is 0 Å². The van der Waals surface area contributed by atoms with Crippen molar-refractivity contribution in [2.75, 3.05) is 11.5 Å². The summed E-state index contributed by atoms with van der Waals surface area (Å²) in [5, 5.41) is 12.8. The van der Waals surface area contributed by atoms with Gasteiger partial charge in [-0.25, -0.2) is 0 Å². The molecule has 0 radical (unpaired) electrons. The van der Waals surface area contributed by atoms with Crippen molar-refractivity contribution in [2.45, 2.75) is 18.7 Å². The molecule has 0 bridgehead atoms. The van der Waals surface area contributed by atoms with Crippen molar-refractivity contribution in [3.8, 4) is 0 Å². The molecule has 0 aliphatic carbocycles. The summed E-state index contributed by atoms with van der Waals surface area (Å²) >= 11 is 0. The van der Waals surface area contributed by atoms with Crippen molar-refractivity contribution in [1.82, 2.24) is 0 Å². The quantitative estimate of drug-likeness (QED) is 0.478. The van der Waals surface area contributed by atoms with E-state index in [1.807, 2.05) is 30.3 Å². The van der Waals surface area contributed by atoms with Crippen molar-refractivity contribution in [2.24, 2.45) is 0 Å². The minimum absolute atomic E-state index is 0.180. The number of benzene rings is 2. The Bertz CT molecular complexity index is 579. The molecule has 0 saturated carbocycles. The summed E-state index contributed by atoms with van der Waals surface area (Å²) in [6.07, 6.45) is 0. The number of nitro benzene ring substituents is 1. The van der Waals surface area contributed by atoms with Crippen LogP contribution in [0.15, 0.2) is 41.3 Å². The number of hydrogen-bond acceptors (Lipinski definition) is 2. The van der Waals surface area contributed by atoms with E-state index in [0.29, 0.717) is 0 Å². The van der Waals surface area contributed by atoms with Crippen LogP contribution < -0.4 is 0 Å². The molecule has 18 heavy (non-hydrogen) atoms. The molecule has 0 amide bonds. The highest BCUT2D eigenvalue weighted by atomic mass is 32.2. The summed E-state index contributed by atoms with van der Waals surface area (Å²) < 4.78 is 0. The molecule has 0 heterocycles. The van der Waals surface area contributed by atoms with Crippen molar-refractivity contribution in [3.63, 3.8) is 0 Å². The van der Waals surface area contributed by atoms with Crippen LogP contribution in [0.5, 0.6) is 0 Å². The van der Waals surface area contributed by atoms with Gasteiger partial charge in [-0.1, -0.05) is 12.1 Å². The van der Waals surface area contributed by atoms with E-state index in [0.717, 1.165) is 22.3 Å². The van der Waals surface area contributed by atoms with Crippen LogP contribution in [0.2, 0.25) is 0 Å². The highest BCUT2D eigenvalue weighted by Gasteiger charge is 2.23. The van der Waals surface area contributed by atoms with E-state index in [4.69, 9.17) is 0 Å². The van der Waals surface area contributed by atoms with E-state index >= 15 is 0 Å². The van der Waals surface area contributed by atoms with E-state index in [1.54, 1.807) is 6.07 Å². The number of nitrogens with zero attached hydrogens (tertiary/aromatic N) is 1. The summed E-state index contributed by atoms with van der Waals surface area (Å²) in [7, 11) is 0.180. The third kappa shape index (κ3) is 2.20. The molecule has 94 valence electrons. The lowest BCUT2D eigenvalue weighted by Crippen LogP contribution is -2.09. The van der Waals surface area contributed by atoms with Gasteiger partial charge in [0.1, 0.15) is 11.5 Å². The fraction of sp³-hybridized carbons (Fsp3) is 0.286. The number of non-ortho nitro benzene ring substituents is 1. The van der Waals surface area contributed by atoms with Gasteiger partial charge in [-0.3, -0.25) is 10.1 Å². The Labute approximate surface area is 109 Å². The van der Waals surface area contributed by atoms with Gasteiger partial charge in [-0.15, -0.1) is 0 Å². The van der Waals surface area contributed by atoms with Gasteiger partial charge in [0.25, 0.3) is 5.69 Å². The highest BCUT2D eigenvalue weighted by Crippen LogP contribution is 2.31. The third-order valence-electron chi connectivity index (χ3n) is 3.07. The number of fused-ring (bicyclic) bond motifs is 1. The first-order chi connectivity index (χ1) is 8.69. The first-order valence-corrected chi connectivity index (χ1v) is 7.59. The van der Waals surface area contributed by atoms with Crippen LogP contribution in [0, 0.1) is 10.1 Å². The zero-order valence-electron chi connectivity index (χ0n) is 10.6. The normalized spacial score (nSPS) is 11.1. The molecule has 2 rings (SSSR count). The summed E-state index contributed by atoms with van der Waals surface area (Å²) in [4.78, 5) is 12.0. The standard InChI is InChI=1S/C14H16NO2S/c1-3-18(4-2)14-10-9-13(15(16)17)11-7-5-6-8-12(11)14/h5-10H,3-4H2,1-2H3/q+1. The predicted octanol–water partition coefficient (Wildman–Crippen LogP) is 3.77. The summed E-state index contributed by atoms with van der Waals surface area (Å²) in [6.45, 7) is 4.34. The molecule has 0 aliphatic heterocycles. The largest absolute Gasteiger partial charge is 0.277 e. The zero-order valence-corrected chi connectivity index (χ0v) is 11.4. The monoisotopic (exact) mass is 262 g/mol. The van der Waals surface area contributed by atoms with Gasteiger partial charge in [0.2, 0.25) is 0 Å². The van der Waals surface area contributed by atoms with E-state index < -0.39 is 0 Å². The second-order valence-corrected chi connectivity index (χ2v) is 6.54. The van der Waals surface area contributed by atoms with Crippen LogP contribution in [-0.4, -0.2) is 16.4 Å². The zero-order chi connectivity index (χ0) is 13.1. The number of rotatable bonds is 4. The van der Waals surface area contributed by atoms with E-state index in [1.165, 1.54) is 4.90 Å². The molecule has 0 unspecified atom stereocenters. The SMILES string of the molecule is CC[S+](CC)c1ccc([N+](=O)[O-])c2ccccc12. The number of hydrogen-bond donors (Lipinski definition) is 0. The maximum atomic E-state index is 11.0. The highest BCUT2D eigenvalue weighted by molar-refractivity contribution is 7.97. The molecule has 3 nitrogen and oxygen atoms in total. The van der Waals surface area contributed by atoms with Crippen molar-refractivity contribution >= 4 is 27.4 Å². The Hall–Kier alpha value is -1.55. The Morgan fingerprint density at radius 2 is 1.67 bits per heavy atom. The van der Waals surface area contributed by atoms with Crippen LogP contribution in [0.1, 0.15) is 13.8 Å². The minimum atomic E-state index is -0.303. The maximum absolute atomic E-state index is 11.0. The molecule has 4 heteroatoms. The molecule has 2 aromatic carbocycles. The van der Waals surface area contributed by atoms with Gasteiger partial charge in [-0.05, 0) is 26.0 Å². The van der Waals surface area contributed by atoms with Crippen LogP contribution in [0.4, 0.5) is 5.69 Å². The molecule has 0 aromatic heterocycles. The fourth-order valence-electron chi connectivity index (χ4n) is 2.18. The fourth-order valence-corrected chi connectivity index (χ4v) is 3.96. The molecule has 2 aromatic rings. The second kappa shape index (κ2) is 5.40. The van der Waals surface area contributed by atoms with E-state index in [2.05, 4.69) is 13.8 Å². The lowest BCUT2D eigenvalue weighted by Gasteiger charge is -2.07. The summed E-state index contributed by atoms with van der Waals surface area (Å²) in [5.74, 6) is 2.16. The predicted molar refractivity (Wildman–Crippen MR) is 77.3 cm³/mol. The summed E-state index contributed by atoms with van der Waals surface area (Å²) in [5.41, 5.74) is 0.199. The Morgan fingerprint density at radius 1 is 1.06 bits per heavy atom. The lowest BCUT2D eigenvalue weighted by molar-refractivity contribution is -0.383. The molecular formula is C14H16NO2S+. The smallest absolute Gasteiger partial charge is 0.258 e. The Kier molecular flexibility index (Phi) is 3.87. The van der Waals surface area contributed by atoms with Gasteiger partial charge in [0.05, 0.1) is 10.3 Å². The van der Waals surface area contributed by atoms with E-state index in [-0.39, 0.29) is 21.5 Å². The summed E-state index contributed by atoms with van der Waals surface area (Å²) in [6, 6.07) is 11.2. The van der Waals surface area contributed by atoms with Crippen molar-refractivity contribution < 1.29 is 4.92 Å². The first-order valence-electron chi connectivity index (χ1n) is 6.02. The van der Waals surface area contributed by atoms with Crippen molar-refractivity contribution in [1.29, 1.82) is 0 Å². The molecular weight excluding hydrogens is 246 g/mol. The molecule has 0 fully saturated rings. The molecule has 0 spiro atoms. The van der Waals surface area contributed by atoms with Gasteiger partial charge in [0.15, 0.2) is 4.90 Å². The van der Waals surface area contributed by atoms with Crippen LogP contribution in [-0.2, 0) is 10.9 Å². The lowest BCUT2D eigenvalue weighted by atomic mass is 10.1. The molecule has 0 saturated heterocycles. The first kappa shape index (κ1) is 12.9. The average Bonchev–Trinajstić information content (AvgIpc) is 2.39. The van der Waals surface area contributed by atoms with Gasteiger partial charge in [0, 0.05) is 28.4 Å². The maximum Gasteiger partial charge on any atom is 0.277 e. The Balaban J connectivity index is 2.71. The van der Waals surface area contributed by atoms with Gasteiger partial charge < -0.3 is 0 Å². The second-order valence-electron chi connectivity index (χ2n) is 3.96. The molecule has 0 atom stereocenters. The van der Waals surface area contributed by atoms with Crippen LogP contribution in [0.25, 0.3) is 10.8 Å². The van der Waals surface area contributed by atoms with Crippen LogP contribution >= 0.6 is 0 Å². The minimum Gasteiger partial charge on any atom is -0.258 e. The topological polar surface area (TPSA) is 43.1 Å². The van der Waals surface area contributed by atoms with Gasteiger partial charge >= 0.3 is 0 Å².